The molecule has 2 N–H and O–H groups in total. The van der Waals surface area contributed by atoms with E-state index in [4.69, 9.17) is 17.3 Å². The highest BCUT2D eigenvalue weighted by Crippen LogP contribution is 2.30. The number of nitrogens with zero attached hydrogens (tertiary/aromatic N) is 2. The van der Waals surface area contributed by atoms with Gasteiger partial charge in [-0.15, -0.1) is 0 Å². The Morgan fingerprint density at radius 1 is 1.19 bits per heavy atom. The van der Waals surface area contributed by atoms with Gasteiger partial charge in [0.05, 0.1) is 22.3 Å². The van der Waals surface area contributed by atoms with Crippen LogP contribution in [0.15, 0.2) is 30.3 Å². The number of anilines is 1. The molecular weight excluding hydrogens is 296 g/mol. The highest BCUT2D eigenvalue weighted by atomic mass is 35.5. The predicted molar refractivity (Wildman–Crippen MR) is 80.2 cm³/mol. The van der Waals surface area contributed by atoms with E-state index in [1.807, 2.05) is 17.6 Å². The fraction of sp³-hybridized carbons (Fsp3) is 0.133. The summed E-state index contributed by atoms with van der Waals surface area (Å²) in [7, 11) is 0. The van der Waals surface area contributed by atoms with E-state index < -0.39 is 11.6 Å². The van der Waals surface area contributed by atoms with Gasteiger partial charge in [0, 0.05) is 17.6 Å². The van der Waals surface area contributed by atoms with Crippen molar-refractivity contribution in [3.63, 3.8) is 0 Å². The molecule has 3 aromatic rings. The number of halogens is 3. The maximum absolute atomic E-state index is 14.1. The van der Waals surface area contributed by atoms with Crippen LogP contribution in [-0.4, -0.2) is 9.55 Å². The lowest BCUT2D eigenvalue weighted by Crippen LogP contribution is -2.01. The first kappa shape index (κ1) is 13.8. The topological polar surface area (TPSA) is 43.8 Å². The first-order valence-electron chi connectivity index (χ1n) is 6.42. The SMILES string of the molecule is CCn1c(-c2cc(N)c(F)cc2F)nc2cc(Cl)ccc21. The molecule has 108 valence electrons. The number of hydrogen-bond acceptors (Lipinski definition) is 2. The quantitative estimate of drug-likeness (QED) is 0.720. The summed E-state index contributed by atoms with van der Waals surface area (Å²) in [6.45, 7) is 2.51. The second kappa shape index (κ2) is 5.00. The minimum absolute atomic E-state index is 0.112. The van der Waals surface area contributed by atoms with Crippen LogP contribution >= 0.6 is 11.6 Å². The summed E-state index contributed by atoms with van der Waals surface area (Å²) >= 11 is 5.95. The molecule has 0 spiro atoms. The first-order valence-corrected chi connectivity index (χ1v) is 6.79. The fourth-order valence-corrected chi connectivity index (χ4v) is 2.53. The molecule has 1 aromatic heterocycles. The molecule has 0 aliphatic rings. The Balaban J connectivity index is 2.32. The summed E-state index contributed by atoms with van der Waals surface area (Å²) in [5.41, 5.74) is 7.08. The average Bonchev–Trinajstić information content (AvgIpc) is 2.80. The number of aromatic nitrogens is 2. The molecule has 3 rings (SSSR count). The van der Waals surface area contributed by atoms with E-state index in [0.717, 1.165) is 11.6 Å². The third-order valence-electron chi connectivity index (χ3n) is 3.35. The van der Waals surface area contributed by atoms with Crippen molar-refractivity contribution in [2.45, 2.75) is 13.5 Å². The third-order valence-corrected chi connectivity index (χ3v) is 3.59. The molecule has 1 heterocycles. The van der Waals surface area contributed by atoms with E-state index in [1.54, 1.807) is 12.1 Å². The molecule has 0 radical (unpaired) electrons. The van der Waals surface area contributed by atoms with Crippen molar-refractivity contribution in [2.24, 2.45) is 0 Å². The van der Waals surface area contributed by atoms with Gasteiger partial charge >= 0.3 is 0 Å². The van der Waals surface area contributed by atoms with E-state index in [9.17, 15) is 8.78 Å². The van der Waals surface area contributed by atoms with Gasteiger partial charge < -0.3 is 10.3 Å². The second-order valence-corrected chi connectivity index (χ2v) is 5.10. The molecule has 0 aliphatic carbocycles. The van der Waals surface area contributed by atoms with Gasteiger partial charge in [-0.05, 0) is 31.2 Å². The van der Waals surface area contributed by atoms with Gasteiger partial charge in [0.25, 0.3) is 0 Å². The number of rotatable bonds is 2. The van der Waals surface area contributed by atoms with Gasteiger partial charge in [-0.3, -0.25) is 0 Å². The molecule has 0 atom stereocenters. The summed E-state index contributed by atoms with van der Waals surface area (Å²) in [5.74, 6) is -1.07. The van der Waals surface area contributed by atoms with Gasteiger partial charge in [-0.25, -0.2) is 13.8 Å². The molecule has 0 fully saturated rings. The largest absolute Gasteiger partial charge is 0.396 e. The van der Waals surface area contributed by atoms with Crippen LogP contribution in [0, 0.1) is 11.6 Å². The molecule has 0 unspecified atom stereocenters. The van der Waals surface area contributed by atoms with Crippen molar-refractivity contribution >= 4 is 28.3 Å². The summed E-state index contributed by atoms with van der Waals surface area (Å²) in [6.07, 6.45) is 0. The van der Waals surface area contributed by atoms with Crippen LogP contribution in [0.2, 0.25) is 5.02 Å². The molecule has 21 heavy (non-hydrogen) atoms. The number of fused-ring (bicyclic) bond motifs is 1. The number of hydrogen-bond donors (Lipinski definition) is 1. The van der Waals surface area contributed by atoms with Crippen molar-refractivity contribution < 1.29 is 8.78 Å². The molecule has 0 amide bonds. The zero-order valence-corrected chi connectivity index (χ0v) is 12.0. The minimum Gasteiger partial charge on any atom is -0.396 e. The lowest BCUT2D eigenvalue weighted by atomic mass is 10.1. The Morgan fingerprint density at radius 2 is 1.95 bits per heavy atom. The first-order chi connectivity index (χ1) is 10.0. The minimum atomic E-state index is -0.779. The Hall–Kier alpha value is -2.14. The van der Waals surface area contributed by atoms with E-state index in [0.29, 0.717) is 22.9 Å². The lowest BCUT2D eigenvalue weighted by molar-refractivity contribution is 0.587. The van der Waals surface area contributed by atoms with E-state index >= 15 is 0 Å². The zero-order valence-electron chi connectivity index (χ0n) is 11.2. The molecule has 0 saturated heterocycles. The van der Waals surface area contributed by atoms with Crippen LogP contribution in [0.1, 0.15) is 6.92 Å². The Morgan fingerprint density at radius 3 is 2.67 bits per heavy atom. The normalized spacial score (nSPS) is 11.2. The Bertz CT molecular complexity index is 843. The monoisotopic (exact) mass is 307 g/mol. The molecule has 2 aromatic carbocycles. The van der Waals surface area contributed by atoms with E-state index in [-0.39, 0.29) is 11.3 Å². The molecular formula is C15H12ClF2N3. The van der Waals surface area contributed by atoms with E-state index in [1.165, 1.54) is 6.07 Å². The maximum Gasteiger partial charge on any atom is 0.149 e. The third kappa shape index (κ3) is 2.23. The predicted octanol–water partition coefficient (Wildman–Crippen LogP) is 4.24. The number of nitrogens with two attached hydrogens (primary N) is 1. The molecule has 6 heteroatoms. The van der Waals surface area contributed by atoms with Gasteiger partial charge in [0.15, 0.2) is 0 Å². The van der Waals surface area contributed by atoms with Crippen molar-refractivity contribution in [1.82, 2.24) is 9.55 Å². The van der Waals surface area contributed by atoms with Gasteiger partial charge in [-0.1, -0.05) is 11.6 Å². The summed E-state index contributed by atoms with van der Waals surface area (Å²) in [5, 5.41) is 0.550. The smallest absolute Gasteiger partial charge is 0.149 e. The summed E-state index contributed by atoms with van der Waals surface area (Å²) in [6, 6.07) is 7.31. The van der Waals surface area contributed by atoms with Gasteiger partial charge in [-0.2, -0.15) is 0 Å². The van der Waals surface area contributed by atoms with Crippen molar-refractivity contribution in [2.75, 3.05) is 5.73 Å². The maximum atomic E-state index is 14.1. The van der Waals surface area contributed by atoms with Crippen molar-refractivity contribution in [3.05, 3.63) is 47.0 Å². The highest BCUT2D eigenvalue weighted by Gasteiger charge is 2.17. The van der Waals surface area contributed by atoms with Gasteiger partial charge in [0.2, 0.25) is 0 Å². The number of aryl methyl sites for hydroxylation is 1. The van der Waals surface area contributed by atoms with Crippen LogP contribution in [-0.2, 0) is 6.54 Å². The summed E-state index contributed by atoms with van der Waals surface area (Å²) < 4.78 is 29.2. The van der Waals surface area contributed by atoms with Crippen LogP contribution < -0.4 is 5.73 Å². The lowest BCUT2D eigenvalue weighted by Gasteiger charge is -2.08. The van der Waals surface area contributed by atoms with Crippen LogP contribution in [0.25, 0.3) is 22.4 Å². The number of nitrogen functional groups attached to an aromatic ring is 1. The van der Waals surface area contributed by atoms with Crippen molar-refractivity contribution in [3.8, 4) is 11.4 Å². The standard InChI is InChI=1S/C15H12ClF2N3/c1-2-21-14-4-3-8(16)5-13(14)20-15(21)9-6-12(19)11(18)7-10(9)17/h3-7H,2,19H2,1H3. The average molecular weight is 308 g/mol. The zero-order chi connectivity index (χ0) is 15.1. The molecule has 3 nitrogen and oxygen atoms in total. The fourth-order valence-electron chi connectivity index (χ4n) is 2.37. The van der Waals surface area contributed by atoms with Gasteiger partial charge in [0.1, 0.15) is 17.5 Å². The molecule has 0 saturated carbocycles. The Labute approximate surface area is 125 Å². The highest BCUT2D eigenvalue weighted by molar-refractivity contribution is 6.31. The Kier molecular flexibility index (Phi) is 3.29. The van der Waals surface area contributed by atoms with Crippen LogP contribution in [0.4, 0.5) is 14.5 Å². The van der Waals surface area contributed by atoms with E-state index in [2.05, 4.69) is 4.98 Å². The number of benzene rings is 2. The van der Waals surface area contributed by atoms with Crippen LogP contribution in [0.5, 0.6) is 0 Å². The van der Waals surface area contributed by atoms with Crippen LogP contribution in [0.3, 0.4) is 0 Å². The van der Waals surface area contributed by atoms with Crippen molar-refractivity contribution in [1.29, 1.82) is 0 Å². The number of imidazole rings is 1. The molecule has 0 bridgehead atoms. The molecule has 0 aliphatic heterocycles. The second-order valence-electron chi connectivity index (χ2n) is 4.67. The summed E-state index contributed by atoms with van der Waals surface area (Å²) in [4.78, 5) is 4.41.